The number of hydrogen-bond acceptors (Lipinski definition) is 3. The summed E-state index contributed by atoms with van der Waals surface area (Å²) < 4.78 is 10.7. The van der Waals surface area contributed by atoms with Gasteiger partial charge in [-0.15, -0.1) is 0 Å². The molecule has 0 aromatic heterocycles. The highest BCUT2D eigenvalue weighted by molar-refractivity contribution is 6.31. The van der Waals surface area contributed by atoms with Crippen molar-refractivity contribution in [1.29, 1.82) is 0 Å². The van der Waals surface area contributed by atoms with E-state index in [4.69, 9.17) is 21.1 Å². The summed E-state index contributed by atoms with van der Waals surface area (Å²) in [6, 6.07) is 5.44. The van der Waals surface area contributed by atoms with E-state index >= 15 is 0 Å². The fourth-order valence-corrected chi connectivity index (χ4v) is 1.84. The lowest BCUT2D eigenvalue weighted by Gasteiger charge is -2.33. The Hall–Kier alpha value is -1.06. The molecule has 0 aliphatic heterocycles. The van der Waals surface area contributed by atoms with Crippen LogP contribution in [0.25, 0.3) is 0 Å². The number of ketones is 1. The first kappa shape index (κ1) is 11.4. The molecule has 1 saturated carbocycles. The molecule has 16 heavy (non-hydrogen) atoms. The summed E-state index contributed by atoms with van der Waals surface area (Å²) in [7, 11) is 1.52. The van der Waals surface area contributed by atoms with Crippen molar-refractivity contribution in [3.8, 4) is 5.75 Å². The third-order valence-electron chi connectivity index (χ3n) is 2.73. The van der Waals surface area contributed by atoms with Crippen LogP contribution in [0.4, 0.5) is 0 Å². The van der Waals surface area contributed by atoms with Crippen LogP contribution in [0.2, 0.25) is 5.02 Å². The Morgan fingerprint density at radius 3 is 2.75 bits per heavy atom. The minimum Gasteiger partial charge on any atom is -0.487 e. The Bertz CT molecular complexity index is 417. The van der Waals surface area contributed by atoms with Crippen LogP contribution in [0.1, 0.15) is 12.0 Å². The second-order valence-corrected chi connectivity index (χ2v) is 4.30. The molecule has 0 radical (unpaired) electrons. The number of Topliss-reactive ketones (excluding diaryl/α,β-unsaturated/α-hetero) is 1. The number of aryl methyl sites for hydroxylation is 1. The summed E-state index contributed by atoms with van der Waals surface area (Å²) in [6.07, 6.45) is -0.172. The molecule has 2 unspecified atom stereocenters. The van der Waals surface area contributed by atoms with Crippen molar-refractivity contribution in [3.05, 3.63) is 28.8 Å². The molecule has 86 valence electrons. The van der Waals surface area contributed by atoms with Crippen LogP contribution in [0.5, 0.6) is 5.75 Å². The molecule has 2 atom stereocenters. The van der Waals surface area contributed by atoms with Gasteiger partial charge in [0.15, 0.2) is 11.9 Å². The molecule has 1 aliphatic carbocycles. The van der Waals surface area contributed by atoms with Crippen LogP contribution in [-0.2, 0) is 9.53 Å². The van der Waals surface area contributed by atoms with E-state index in [2.05, 4.69) is 0 Å². The van der Waals surface area contributed by atoms with Crippen molar-refractivity contribution >= 4 is 17.4 Å². The van der Waals surface area contributed by atoms with E-state index in [0.717, 1.165) is 11.3 Å². The van der Waals surface area contributed by atoms with E-state index in [1.54, 1.807) is 12.1 Å². The van der Waals surface area contributed by atoms with E-state index in [0.29, 0.717) is 11.4 Å². The maximum atomic E-state index is 11.2. The molecule has 0 spiro atoms. The molecule has 3 nitrogen and oxygen atoms in total. The molecule has 0 N–H and O–H groups in total. The highest BCUT2D eigenvalue weighted by Crippen LogP contribution is 2.27. The van der Waals surface area contributed by atoms with Gasteiger partial charge in [0, 0.05) is 18.6 Å². The Balaban J connectivity index is 2.05. The first-order valence-electron chi connectivity index (χ1n) is 5.10. The van der Waals surface area contributed by atoms with Crippen molar-refractivity contribution in [2.45, 2.75) is 25.6 Å². The lowest BCUT2D eigenvalue weighted by Crippen LogP contribution is -2.51. The maximum Gasteiger partial charge on any atom is 0.169 e. The first-order chi connectivity index (χ1) is 7.61. The molecule has 1 aromatic rings. The Morgan fingerprint density at radius 1 is 1.44 bits per heavy atom. The predicted octanol–water partition coefficient (Wildman–Crippen LogP) is 2.38. The van der Waals surface area contributed by atoms with Crippen molar-refractivity contribution in [3.63, 3.8) is 0 Å². The average Bonchev–Trinajstić information content (AvgIpc) is 2.23. The van der Waals surface area contributed by atoms with Gasteiger partial charge in [-0.1, -0.05) is 11.6 Å². The largest absolute Gasteiger partial charge is 0.487 e. The molecular formula is C12H13ClO3. The zero-order valence-corrected chi connectivity index (χ0v) is 9.95. The molecule has 4 heteroatoms. The summed E-state index contributed by atoms with van der Waals surface area (Å²) in [6.45, 7) is 1.91. The SMILES string of the molecule is COC1C(=O)CC1Oc1ccc(Cl)c(C)c1. The number of halogens is 1. The summed E-state index contributed by atoms with van der Waals surface area (Å²) in [4.78, 5) is 11.2. The van der Waals surface area contributed by atoms with Gasteiger partial charge in [0.25, 0.3) is 0 Å². The van der Waals surface area contributed by atoms with Gasteiger partial charge in [0.2, 0.25) is 0 Å². The number of carbonyl (C=O) groups excluding carboxylic acids is 1. The van der Waals surface area contributed by atoms with Crippen LogP contribution >= 0.6 is 11.6 Å². The van der Waals surface area contributed by atoms with E-state index in [1.807, 2.05) is 13.0 Å². The summed E-state index contributed by atoms with van der Waals surface area (Å²) in [5.41, 5.74) is 0.957. The lowest BCUT2D eigenvalue weighted by atomic mass is 9.90. The fourth-order valence-electron chi connectivity index (χ4n) is 1.72. The number of benzene rings is 1. The summed E-state index contributed by atoms with van der Waals surface area (Å²) in [5.74, 6) is 0.819. The van der Waals surface area contributed by atoms with Crippen LogP contribution < -0.4 is 4.74 Å². The Morgan fingerprint density at radius 2 is 2.19 bits per heavy atom. The van der Waals surface area contributed by atoms with Crippen LogP contribution in [0.3, 0.4) is 0 Å². The minimum atomic E-state index is -0.420. The molecular weight excluding hydrogens is 228 g/mol. The minimum absolute atomic E-state index is 0.0955. The zero-order valence-electron chi connectivity index (χ0n) is 9.20. The molecule has 0 saturated heterocycles. The van der Waals surface area contributed by atoms with E-state index < -0.39 is 6.10 Å². The number of carbonyl (C=O) groups is 1. The lowest BCUT2D eigenvalue weighted by molar-refractivity contribution is -0.150. The van der Waals surface area contributed by atoms with Gasteiger partial charge in [0.1, 0.15) is 11.9 Å². The quantitative estimate of drug-likeness (QED) is 0.814. The standard InChI is InChI=1S/C12H13ClO3/c1-7-5-8(3-4-9(7)13)16-11-6-10(14)12(11)15-2/h3-5,11-12H,6H2,1-2H3. The van der Waals surface area contributed by atoms with Crippen LogP contribution in [0, 0.1) is 6.92 Å². The normalized spacial score (nSPS) is 24.1. The molecule has 1 aliphatic rings. The van der Waals surface area contributed by atoms with Gasteiger partial charge in [-0.3, -0.25) is 4.79 Å². The Labute approximate surface area is 99.3 Å². The molecule has 0 bridgehead atoms. The number of hydrogen-bond donors (Lipinski definition) is 0. The second kappa shape index (κ2) is 4.44. The third kappa shape index (κ3) is 2.06. The third-order valence-corrected chi connectivity index (χ3v) is 3.15. The summed E-state index contributed by atoms with van der Waals surface area (Å²) in [5, 5.41) is 0.709. The van der Waals surface area contributed by atoms with Gasteiger partial charge < -0.3 is 9.47 Å². The highest BCUT2D eigenvalue weighted by Gasteiger charge is 2.41. The maximum absolute atomic E-state index is 11.2. The van der Waals surface area contributed by atoms with E-state index in [9.17, 15) is 4.79 Å². The zero-order chi connectivity index (χ0) is 11.7. The van der Waals surface area contributed by atoms with Crippen LogP contribution in [0.15, 0.2) is 18.2 Å². The average molecular weight is 241 g/mol. The van der Waals surface area contributed by atoms with Gasteiger partial charge in [-0.25, -0.2) is 0 Å². The number of methoxy groups -OCH3 is 1. The molecule has 0 heterocycles. The van der Waals surface area contributed by atoms with Gasteiger partial charge in [0.05, 0.1) is 0 Å². The molecule has 2 rings (SSSR count). The number of ether oxygens (including phenoxy) is 2. The van der Waals surface area contributed by atoms with Crippen molar-refractivity contribution in [2.24, 2.45) is 0 Å². The monoisotopic (exact) mass is 240 g/mol. The topological polar surface area (TPSA) is 35.5 Å². The van der Waals surface area contributed by atoms with Crippen molar-refractivity contribution in [2.75, 3.05) is 7.11 Å². The number of rotatable bonds is 3. The first-order valence-corrected chi connectivity index (χ1v) is 5.48. The fraction of sp³-hybridized carbons (Fsp3) is 0.417. The van der Waals surface area contributed by atoms with Gasteiger partial charge >= 0.3 is 0 Å². The molecule has 1 aromatic carbocycles. The smallest absolute Gasteiger partial charge is 0.169 e. The van der Waals surface area contributed by atoms with Gasteiger partial charge in [-0.2, -0.15) is 0 Å². The van der Waals surface area contributed by atoms with Crippen LogP contribution in [-0.4, -0.2) is 25.1 Å². The summed E-state index contributed by atoms with van der Waals surface area (Å²) >= 11 is 5.91. The van der Waals surface area contributed by atoms with Crippen molar-refractivity contribution < 1.29 is 14.3 Å². The van der Waals surface area contributed by atoms with Gasteiger partial charge in [-0.05, 0) is 30.7 Å². The second-order valence-electron chi connectivity index (χ2n) is 3.89. The van der Waals surface area contributed by atoms with E-state index in [-0.39, 0.29) is 11.9 Å². The van der Waals surface area contributed by atoms with Crippen molar-refractivity contribution in [1.82, 2.24) is 0 Å². The highest BCUT2D eigenvalue weighted by atomic mass is 35.5. The Kier molecular flexibility index (Phi) is 3.17. The molecule has 0 amide bonds. The molecule has 1 fully saturated rings. The predicted molar refractivity (Wildman–Crippen MR) is 61.0 cm³/mol. The van der Waals surface area contributed by atoms with E-state index in [1.165, 1.54) is 7.11 Å².